The summed E-state index contributed by atoms with van der Waals surface area (Å²) in [6.07, 6.45) is 0. The molecule has 0 spiro atoms. The van der Waals surface area contributed by atoms with Crippen molar-refractivity contribution in [3.63, 3.8) is 0 Å². The van der Waals surface area contributed by atoms with E-state index < -0.39 is 0 Å². The first-order valence-electron chi connectivity index (χ1n) is 4.49. The van der Waals surface area contributed by atoms with Crippen LogP contribution in [-0.2, 0) is 0 Å². The van der Waals surface area contributed by atoms with Crippen molar-refractivity contribution in [2.45, 2.75) is 0 Å². The molecule has 5 heteroatoms. The summed E-state index contributed by atoms with van der Waals surface area (Å²) in [6.45, 7) is 0. The van der Waals surface area contributed by atoms with E-state index in [9.17, 15) is 0 Å². The van der Waals surface area contributed by atoms with Crippen molar-refractivity contribution in [2.24, 2.45) is 0 Å². The summed E-state index contributed by atoms with van der Waals surface area (Å²) in [5.74, 6) is 0. The molecule has 1 aromatic rings. The highest BCUT2D eigenvalue weighted by Crippen LogP contribution is 2.16. The summed E-state index contributed by atoms with van der Waals surface area (Å²) in [4.78, 5) is 4.48. The minimum absolute atomic E-state index is 0.973. The fourth-order valence-electron chi connectivity index (χ4n) is 1.69. The van der Waals surface area contributed by atoms with E-state index >= 15 is 0 Å². The van der Waals surface area contributed by atoms with Gasteiger partial charge in [-0.05, 0) is 26.2 Å². The molecule has 1 heterocycles. The summed E-state index contributed by atoms with van der Waals surface area (Å²) in [5, 5.41) is 0. The lowest BCUT2D eigenvalue weighted by Gasteiger charge is -2.25. The second-order valence-electron chi connectivity index (χ2n) is 3.53. The second-order valence-corrected chi connectivity index (χ2v) is 3.53. The fourth-order valence-corrected chi connectivity index (χ4v) is 1.69. The highest BCUT2D eigenvalue weighted by molar-refractivity contribution is 6.57. The van der Waals surface area contributed by atoms with Crippen molar-refractivity contribution in [1.29, 1.82) is 0 Å². The van der Waals surface area contributed by atoms with E-state index in [1.165, 1.54) is 5.69 Å². The van der Waals surface area contributed by atoms with Crippen molar-refractivity contribution < 1.29 is 0 Å². The molecule has 3 nitrogen and oxygen atoms in total. The average Bonchev–Trinajstić information content (AvgIpc) is 2.47. The Hall–Kier alpha value is -0.930. The fraction of sp³-hybridized carbons (Fsp3) is 0.250. The number of hydrazine groups is 1. The van der Waals surface area contributed by atoms with Crippen LogP contribution in [0.25, 0.3) is 0 Å². The largest absolute Gasteiger partial charge is 0.357 e. The predicted octanol–water partition coefficient (Wildman–Crippen LogP) is -0.182. The number of rotatable bonds is 1. The third-order valence-electron chi connectivity index (χ3n) is 2.29. The first kappa shape index (κ1) is 8.66. The minimum Gasteiger partial charge on any atom is -0.357 e. The van der Waals surface area contributed by atoms with Crippen LogP contribution in [0.1, 0.15) is 0 Å². The zero-order valence-corrected chi connectivity index (χ0v) is 8.14. The third-order valence-corrected chi connectivity index (χ3v) is 2.29. The lowest BCUT2D eigenvalue weighted by atomic mass is 10.0. The Morgan fingerprint density at radius 3 is 2.23 bits per heavy atom. The molecule has 1 fully saturated rings. The van der Waals surface area contributed by atoms with Crippen molar-refractivity contribution in [3.05, 3.63) is 30.3 Å². The van der Waals surface area contributed by atoms with E-state index in [1.54, 1.807) is 0 Å². The Bertz CT molecular complexity index is 280. The van der Waals surface area contributed by atoms with E-state index in [0.29, 0.717) is 0 Å². The third kappa shape index (κ3) is 1.71. The Morgan fingerprint density at radius 1 is 1.00 bits per heavy atom. The molecular weight excluding hydrogens is 160 g/mol. The lowest BCUT2D eigenvalue weighted by Crippen LogP contribution is -2.35. The Labute approximate surface area is 80.5 Å². The molecule has 0 N–H and O–H groups in total. The maximum Gasteiger partial charge on any atom is 0.329 e. The summed E-state index contributed by atoms with van der Waals surface area (Å²) in [5.41, 5.74) is 1.26. The molecule has 1 aromatic carbocycles. The molecule has 0 radical (unpaired) electrons. The molecule has 0 bridgehead atoms. The van der Waals surface area contributed by atoms with Gasteiger partial charge >= 0.3 is 7.55 Å². The zero-order valence-electron chi connectivity index (χ0n) is 8.14. The van der Waals surface area contributed by atoms with Crippen LogP contribution in [0.2, 0.25) is 0 Å². The molecule has 0 unspecified atom stereocenters. The number of benzene rings is 1. The molecule has 1 saturated heterocycles. The smallest absolute Gasteiger partial charge is 0.329 e. The molecule has 0 saturated carbocycles. The SMILES string of the molecule is CN1BN(C)N(c2ccccc2)B1. The van der Waals surface area contributed by atoms with Crippen LogP contribution < -0.4 is 4.92 Å². The van der Waals surface area contributed by atoms with Gasteiger partial charge in [-0.2, -0.15) is 0 Å². The monoisotopic (exact) mass is 173 g/mol. The van der Waals surface area contributed by atoms with Gasteiger partial charge in [0.05, 0.1) is 0 Å². The maximum atomic E-state index is 2.27. The molecule has 2 rings (SSSR count). The average molecular weight is 173 g/mol. The van der Waals surface area contributed by atoms with Gasteiger partial charge in [-0.15, -0.1) is 0 Å². The van der Waals surface area contributed by atoms with Gasteiger partial charge in [0.15, 0.2) is 0 Å². The standard InChI is InChI=1S/C8H13B2N3/c1-11-9-12(2)13(10-11)8-6-4-3-5-7-8/h3-7,9-10H,1-2H3. The number of anilines is 1. The first-order chi connectivity index (χ1) is 6.27. The zero-order chi connectivity index (χ0) is 9.26. The molecule has 66 valence electrons. The van der Waals surface area contributed by atoms with Gasteiger partial charge < -0.3 is 9.64 Å². The highest BCUT2D eigenvalue weighted by Gasteiger charge is 2.25. The van der Waals surface area contributed by atoms with Crippen LogP contribution in [-0.4, -0.2) is 38.8 Å². The molecule has 1 aliphatic heterocycles. The lowest BCUT2D eigenvalue weighted by molar-refractivity contribution is 0.583. The maximum absolute atomic E-state index is 2.27. The van der Waals surface area contributed by atoms with Crippen LogP contribution in [0.5, 0.6) is 0 Å². The van der Waals surface area contributed by atoms with Crippen LogP contribution in [0.4, 0.5) is 5.69 Å². The Morgan fingerprint density at radius 2 is 1.69 bits per heavy atom. The van der Waals surface area contributed by atoms with Gasteiger partial charge in [0.25, 0.3) is 7.55 Å². The van der Waals surface area contributed by atoms with Crippen molar-refractivity contribution in [3.8, 4) is 0 Å². The minimum atomic E-state index is 0.973. The van der Waals surface area contributed by atoms with Gasteiger partial charge in [-0.25, -0.2) is 0 Å². The molecule has 13 heavy (non-hydrogen) atoms. The van der Waals surface area contributed by atoms with E-state index in [2.05, 4.69) is 52.9 Å². The quantitative estimate of drug-likeness (QED) is 0.545. The van der Waals surface area contributed by atoms with E-state index in [-0.39, 0.29) is 0 Å². The molecule has 0 amide bonds. The summed E-state index contributed by atoms with van der Waals surface area (Å²) >= 11 is 0. The highest BCUT2D eigenvalue weighted by atomic mass is 15.6. The molecular formula is C8H13B2N3. The van der Waals surface area contributed by atoms with Crippen LogP contribution in [0.15, 0.2) is 30.3 Å². The van der Waals surface area contributed by atoms with Gasteiger partial charge in [-0.1, -0.05) is 18.2 Å². The second kappa shape index (κ2) is 3.44. The van der Waals surface area contributed by atoms with E-state index in [0.717, 1.165) is 15.1 Å². The number of hydrogen-bond acceptors (Lipinski definition) is 3. The first-order valence-corrected chi connectivity index (χ1v) is 4.49. The Balaban J connectivity index is 2.18. The number of hydrogen-bond donors (Lipinski definition) is 0. The van der Waals surface area contributed by atoms with Crippen LogP contribution >= 0.6 is 0 Å². The van der Waals surface area contributed by atoms with Crippen molar-refractivity contribution in [2.75, 3.05) is 19.0 Å². The van der Waals surface area contributed by atoms with Gasteiger partial charge in [-0.3, -0.25) is 4.92 Å². The summed E-state index contributed by atoms with van der Waals surface area (Å²) < 4.78 is 2.27. The van der Waals surface area contributed by atoms with Crippen LogP contribution in [0.3, 0.4) is 0 Å². The van der Waals surface area contributed by atoms with E-state index in [1.807, 2.05) is 6.07 Å². The Kier molecular flexibility index (Phi) is 2.29. The topological polar surface area (TPSA) is 9.72 Å². The number of para-hydroxylation sites is 1. The van der Waals surface area contributed by atoms with E-state index in [4.69, 9.17) is 0 Å². The molecule has 1 aliphatic rings. The van der Waals surface area contributed by atoms with Gasteiger partial charge in [0.2, 0.25) is 0 Å². The molecule has 0 aromatic heterocycles. The van der Waals surface area contributed by atoms with Gasteiger partial charge in [0.1, 0.15) is 0 Å². The normalized spacial score (nSPS) is 18.5. The van der Waals surface area contributed by atoms with Crippen LogP contribution in [0, 0.1) is 0 Å². The van der Waals surface area contributed by atoms with Gasteiger partial charge in [0, 0.05) is 5.69 Å². The van der Waals surface area contributed by atoms with Crippen molar-refractivity contribution >= 4 is 20.8 Å². The molecule has 0 atom stereocenters. The predicted molar refractivity (Wildman–Crippen MR) is 58.7 cm³/mol. The van der Waals surface area contributed by atoms with Crippen molar-refractivity contribution in [1.82, 2.24) is 9.64 Å². The summed E-state index contributed by atoms with van der Waals surface area (Å²) in [7, 11) is 6.20. The summed E-state index contributed by atoms with van der Waals surface area (Å²) in [6, 6.07) is 10.5. The molecule has 0 aliphatic carbocycles. The number of nitrogens with zero attached hydrogens (tertiary/aromatic N) is 3.